The number of piperidine rings is 1. The van der Waals surface area contributed by atoms with Crippen molar-refractivity contribution < 1.29 is 19.3 Å². The number of rotatable bonds is 8. The van der Waals surface area contributed by atoms with E-state index in [1.54, 1.807) is 7.11 Å². The first-order valence-electron chi connectivity index (χ1n) is 14.3. The fourth-order valence-corrected chi connectivity index (χ4v) is 6.95. The van der Waals surface area contributed by atoms with Gasteiger partial charge in [0.2, 0.25) is 11.8 Å². The molecular weight excluding hydrogens is 482 g/mol. The second-order valence-electron chi connectivity index (χ2n) is 12.6. The highest BCUT2D eigenvalue weighted by atomic mass is 16.5. The molecule has 0 amide bonds. The first-order chi connectivity index (χ1) is 18.2. The molecule has 1 saturated carbocycles. The number of aliphatic hydroxyl groups is 1. The van der Waals surface area contributed by atoms with Gasteiger partial charge in [-0.1, -0.05) is 0 Å². The number of anilines is 1. The first-order valence-corrected chi connectivity index (χ1v) is 14.3. The van der Waals surface area contributed by atoms with Crippen LogP contribution in [0.2, 0.25) is 0 Å². The molecule has 2 aromatic heterocycles. The molecule has 0 radical (unpaired) electrons. The molecule has 0 aromatic carbocycles. The van der Waals surface area contributed by atoms with Crippen LogP contribution in [0.1, 0.15) is 84.1 Å². The average Bonchev–Trinajstić information content (AvgIpc) is 3.36. The van der Waals surface area contributed by atoms with Gasteiger partial charge in [-0.3, -0.25) is 4.90 Å². The molecule has 9 heteroatoms. The van der Waals surface area contributed by atoms with Gasteiger partial charge in [0, 0.05) is 62.1 Å². The van der Waals surface area contributed by atoms with E-state index < -0.39 is 0 Å². The van der Waals surface area contributed by atoms with Crippen molar-refractivity contribution >= 4 is 16.9 Å². The summed E-state index contributed by atoms with van der Waals surface area (Å²) in [5.41, 5.74) is 1.95. The first kappa shape index (κ1) is 27.5. The normalized spacial score (nSPS) is 28.0. The van der Waals surface area contributed by atoms with Gasteiger partial charge in [-0.2, -0.15) is 0 Å². The summed E-state index contributed by atoms with van der Waals surface area (Å²) in [7, 11) is 1.76. The fraction of sp³-hybridized carbons (Fsp3) is 0.759. The number of fused-ring (bicyclic) bond motifs is 1. The zero-order chi connectivity index (χ0) is 26.9. The van der Waals surface area contributed by atoms with Crippen LogP contribution in [-0.2, 0) is 9.47 Å². The predicted octanol–water partition coefficient (Wildman–Crippen LogP) is 4.29. The molecule has 2 saturated heterocycles. The second kappa shape index (κ2) is 11.2. The van der Waals surface area contributed by atoms with E-state index in [1.807, 2.05) is 12.4 Å². The lowest BCUT2D eigenvalue weighted by Crippen LogP contribution is -2.63. The summed E-state index contributed by atoms with van der Waals surface area (Å²) >= 11 is 0. The Morgan fingerprint density at radius 1 is 1.05 bits per heavy atom. The Bertz CT molecular complexity index is 1080. The minimum atomic E-state index is -0.205. The molecule has 5 rings (SSSR count). The molecular formula is C29H45N5O4. The third-order valence-electron chi connectivity index (χ3n) is 8.73. The van der Waals surface area contributed by atoms with E-state index in [4.69, 9.17) is 24.2 Å². The minimum absolute atomic E-state index is 0.0265. The Hall–Kier alpha value is -2.07. The molecule has 2 aliphatic heterocycles. The van der Waals surface area contributed by atoms with Crippen molar-refractivity contribution in [2.45, 2.75) is 108 Å². The van der Waals surface area contributed by atoms with Crippen LogP contribution in [0.5, 0.6) is 5.88 Å². The van der Waals surface area contributed by atoms with Crippen molar-refractivity contribution in [2.75, 3.05) is 38.8 Å². The van der Waals surface area contributed by atoms with E-state index in [2.05, 4.69) is 42.9 Å². The van der Waals surface area contributed by atoms with Crippen molar-refractivity contribution in [3.63, 3.8) is 0 Å². The lowest BCUT2D eigenvalue weighted by molar-refractivity contribution is -0.0815. The van der Waals surface area contributed by atoms with Crippen molar-refractivity contribution in [2.24, 2.45) is 0 Å². The SMILES string of the molecule is COCCN1C(C)(C)CC(Oc2ncc(C3CCC(O)CC3)c3nc(N[C@@H]4CCOC4)ncc23)CC1(C)C. The van der Waals surface area contributed by atoms with Crippen LogP contribution in [-0.4, -0.2) is 87.8 Å². The van der Waals surface area contributed by atoms with Crippen molar-refractivity contribution in [1.29, 1.82) is 0 Å². The number of pyridine rings is 1. The van der Waals surface area contributed by atoms with Crippen molar-refractivity contribution in [1.82, 2.24) is 19.9 Å². The van der Waals surface area contributed by atoms with E-state index in [0.717, 1.165) is 74.6 Å². The maximum atomic E-state index is 10.1. The zero-order valence-corrected chi connectivity index (χ0v) is 23.7. The zero-order valence-electron chi connectivity index (χ0n) is 23.7. The molecule has 1 atom stereocenters. The van der Waals surface area contributed by atoms with E-state index in [-0.39, 0.29) is 29.3 Å². The minimum Gasteiger partial charge on any atom is -0.474 e. The van der Waals surface area contributed by atoms with E-state index in [9.17, 15) is 5.11 Å². The molecule has 0 spiro atoms. The number of nitrogens with zero attached hydrogens (tertiary/aromatic N) is 4. The third-order valence-corrected chi connectivity index (χ3v) is 8.73. The van der Waals surface area contributed by atoms with Crippen LogP contribution in [0.4, 0.5) is 5.95 Å². The summed E-state index contributed by atoms with van der Waals surface area (Å²) in [6.07, 6.45) is 9.89. The van der Waals surface area contributed by atoms with Crippen molar-refractivity contribution in [3.05, 3.63) is 18.0 Å². The van der Waals surface area contributed by atoms with Crippen LogP contribution in [0.15, 0.2) is 12.4 Å². The van der Waals surface area contributed by atoms with Crippen LogP contribution in [0.3, 0.4) is 0 Å². The third kappa shape index (κ3) is 5.91. The number of likely N-dealkylation sites (tertiary alicyclic amines) is 1. The monoisotopic (exact) mass is 527 g/mol. The number of hydrogen-bond donors (Lipinski definition) is 2. The van der Waals surface area contributed by atoms with Gasteiger partial charge < -0.3 is 24.6 Å². The van der Waals surface area contributed by atoms with Gasteiger partial charge >= 0.3 is 0 Å². The fourth-order valence-electron chi connectivity index (χ4n) is 6.95. The number of hydrogen-bond acceptors (Lipinski definition) is 9. The smallest absolute Gasteiger partial charge is 0.224 e. The van der Waals surface area contributed by atoms with Gasteiger partial charge in [-0.25, -0.2) is 15.0 Å². The topological polar surface area (TPSA) is 102 Å². The van der Waals surface area contributed by atoms with Gasteiger partial charge in [0.05, 0.1) is 36.3 Å². The number of aliphatic hydroxyl groups excluding tert-OH is 1. The molecule has 9 nitrogen and oxygen atoms in total. The quantitative estimate of drug-likeness (QED) is 0.520. The Labute approximate surface area is 226 Å². The van der Waals surface area contributed by atoms with Crippen LogP contribution < -0.4 is 10.1 Å². The summed E-state index contributed by atoms with van der Waals surface area (Å²) in [4.78, 5) is 17.1. The largest absolute Gasteiger partial charge is 0.474 e. The summed E-state index contributed by atoms with van der Waals surface area (Å²) in [5, 5.41) is 14.4. The van der Waals surface area contributed by atoms with Gasteiger partial charge in [0.15, 0.2) is 0 Å². The van der Waals surface area contributed by atoms with Crippen LogP contribution in [0.25, 0.3) is 10.9 Å². The Morgan fingerprint density at radius 3 is 2.45 bits per heavy atom. The number of methoxy groups -OCH3 is 1. The summed E-state index contributed by atoms with van der Waals surface area (Å²) in [6.45, 7) is 12.2. The molecule has 0 unspecified atom stereocenters. The van der Waals surface area contributed by atoms with Gasteiger partial charge in [0.25, 0.3) is 0 Å². The van der Waals surface area contributed by atoms with Gasteiger partial charge in [-0.15, -0.1) is 0 Å². The Morgan fingerprint density at radius 2 is 1.79 bits per heavy atom. The molecule has 210 valence electrons. The molecule has 0 bridgehead atoms. The Kier molecular flexibility index (Phi) is 8.10. The maximum absolute atomic E-state index is 10.1. The van der Waals surface area contributed by atoms with Crippen molar-refractivity contribution in [3.8, 4) is 5.88 Å². The number of aromatic nitrogens is 3. The van der Waals surface area contributed by atoms with Crippen LogP contribution in [0, 0.1) is 0 Å². The molecule has 4 heterocycles. The molecule has 3 fully saturated rings. The Balaban J connectivity index is 1.44. The molecule has 2 N–H and O–H groups in total. The second-order valence-corrected chi connectivity index (χ2v) is 12.6. The van der Waals surface area contributed by atoms with E-state index in [1.165, 1.54) is 0 Å². The van der Waals surface area contributed by atoms with E-state index >= 15 is 0 Å². The summed E-state index contributed by atoms with van der Waals surface area (Å²) in [6, 6.07) is 0.228. The standard InChI is InChI=1S/C29H45N5O4/c1-28(2)14-22(15-29(3,4)34(28)11-13-36-5)38-26-24-17-31-27(32-20-10-12-37-18-20)33-25(24)23(16-30-26)19-6-8-21(35)9-7-19/h16-17,19-22,35H,6-15,18H2,1-5H3,(H,31,32,33)/t19?,20-,21?/m1/s1. The molecule has 38 heavy (non-hydrogen) atoms. The summed E-state index contributed by atoms with van der Waals surface area (Å²) in [5.74, 6) is 1.55. The lowest BCUT2D eigenvalue weighted by atomic mass is 9.78. The average molecular weight is 528 g/mol. The molecule has 2 aromatic rings. The highest BCUT2D eigenvalue weighted by Crippen LogP contribution is 2.42. The molecule has 1 aliphatic carbocycles. The van der Waals surface area contributed by atoms with Crippen LogP contribution >= 0.6 is 0 Å². The highest BCUT2D eigenvalue weighted by molar-refractivity contribution is 5.86. The highest BCUT2D eigenvalue weighted by Gasteiger charge is 2.46. The van der Waals surface area contributed by atoms with Gasteiger partial charge in [0.1, 0.15) is 6.10 Å². The number of ether oxygens (including phenoxy) is 3. The molecule has 3 aliphatic rings. The predicted molar refractivity (Wildman–Crippen MR) is 148 cm³/mol. The summed E-state index contributed by atoms with van der Waals surface area (Å²) < 4.78 is 17.6. The van der Waals surface area contributed by atoms with E-state index in [0.29, 0.717) is 31.0 Å². The lowest BCUT2D eigenvalue weighted by Gasteiger charge is -2.55. The van der Waals surface area contributed by atoms with Gasteiger partial charge in [-0.05, 0) is 65.7 Å². The maximum Gasteiger partial charge on any atom is 0.224 e. The number of nitrogens with one attached hydrogen (secondary N) is 1.